The first-order chi connectivity index (χ1) is 10.3. The maximum atomic E-state index is 5.32. The molecule has 2 N–H and O–H groups in total. The first kappa shape index (κ1) is 15.9. The van der Waals surface area contributed by atoms with E-state index in [4.69, 9.17) is 4.42 Å². The van der Waals surface area contributed by atoms with Crippen LogP contribution in [0.15, 0.2) is 27.8 Å². The predicted molar refractivity (Wildman–Crippen MR) is 86.4 cm³/mol. The third-order valence-electron chi connectivity index (χ3n) is 3.98. The molecule has 1 aliphatic heterocycles. The van der Waals surface area contributed by atoms with Crippen LogP contribution in [0, 0.1) is 0 Å². The highest BCUT2D eigenvalue weighted by atomic mass is 16.3. The topological polar surface area (TPSA) is 52.8 Å². The van der Waals surface area contributed by atoms with E-state index in [2.05, 4.69) is 34.4 Å². The minimum atomic E-state index is 0.574. The van der Waals surface area contributed by atoms with Crippen LogP contribution in [-0.2, 0) is 6.54 Å². The fraction of sp³-hybridized carbons (Fsp3) is 0.688. The Morgan fingerprint density at radius 1 is 1.38 bits per heavy atom. The first-order valence-corrected chi connectivity index (χ1v) is 8.12. The number of guanidine groups is 1. The minimum Gasteiger partial charge on any atom is -0.467 e. The van der Waals surface area contributed by atoms with Gasteiger partial charge in [-0.05, 0) is 45.0 Å². The van der Waals surface area contributed by atoms with Gasteiger partial charge in [0.1, 0.15) is 12.3 Å². The Kier molecular flexibility index (Phi) is 6.60. The summed E-state index contributed by atoms with van der Waals surface area (Å²) in [7, 11) is 0. The van der Waals surface area contributed by atoms with Crippen LogP contribution in [-0.4, -0.2) is 43.1 Å². The third kappa shape index (κ3) is 5.08. The molecule has 0 bridgehead atoms. The molecule has 5 nitrogen and oxygen atoms in total. The van der Waals surface area contributed by atoms with Crippen LogP contribution in [0.5, 0.6) is 0 Å². The molecule has 2 rings (SSSR count). The molecule has 1 aromatic heterocycles. The normalized spacial score (nSPS) is 20.5. The number of nitrogens with zero attached hydrogens (tertiary/aromatic N) is 2. The summed E-state index contributed by atoms with van der Waals surface area (Å²) in [4.78, 5) is 7.14. The number of furan rings is 1. The van der Waals surface area contributed by atoms with Gasteiger partial charge >= 0.3 is 0 Å². The van der Waals surface area contributed by atoms with E-state index in [0.717, 1.165) is 31.4 Å². The Morgan fingerprint density at radius 3 is 3.00 bits per heavy atom. The second kappa shape index (κ2) is 8.72. The van der Waals surface area contributed by atoms with Gasteiger partial charge < -0.3 is 15.1 Å². The minimum absolute atomic E-state index is 0.574. The lowest BCUT2D eigenvalue weighted by Crippen LogP contribution is -2.49. The van der Waals surface area contributed by atoms with Gasteiger partial charge in [0.2, 0.25) is 0 Å². The van der Waals surface area contributed by atoms with Crippen molar-refractivity contribution in [3.05, 3.63) is 24.2 Å². The number of hydrogen-bond donors (Lipinski definition) is 2. The number of piperidine rings is 1. The van der Waals surface area contributed by atoms with E-state index in [-0.39, 0.29) is 0 Å². The second-order valence-corrected chi connectivity index (χ2v) is 5.43. The van der Waals surface area contributed by atoms with Crippen molar-refractivity contribution in [3.8, 4) is 0 Å². The van der Waals surface area contributed by atoms with Crippen LogP contribution in [0.4, 0.5) is 0 Å². The molecule has 118 valence electrons. The summed E-state index contributed by atoms with van der Waals surface area (Å²) in [5.41, 5.74) is 0. The molecule has 0 spiro atoms. The van der Waals surface area contributed by atoms with Crippen molar-refractivity contribution in [1.29, 1.82) is 0 Å². The van der Waals surface area contributed by atoms with Crippen molar-refractivity contribution in [3.63, 3.8) is 0 Å². The lowest BCUT2D eigenvalue weighted by Gasteiger charge is -2.35. The molecule has 0 radical (unpaired) electrons. The lowest BCUT2D eigenvalue weighted by molar-refractivity contribution is 0.157. The van der Waals surface area contributed by atoms with Gasteiger partial charge in [-0.25, -0.2) is 4.99 Å². The van der Waals surface area contributed by atoms with Gasteiger partial charge in [0.15, 0.2) is 5.96 Å². The zero-order chi connectivity index (χ0) is 14.9. The van der Waals surface area contributed by atoms with E-state index in [0.29, 0.717) is 12.6 Å². The summed E-state index contributed by atoms with van der Waals surface area (Å²) < 4.78 is 5.32. The maximum Gasteiger partial charge on any atom is 0.191 e. The standard InChI is InChI=1S/C16H28N4O/c1-3-17-16(19-13-15-9-7-11-21-15)18-12-14-8-5-6-10-20(14)4-2/h7,9,11,14H,3-6,8,10,12-13H2,1-2H3,(H2,17,18,19). The number of hydrogen-bond acceptors (Lipinski definition) is 3. The molecule has 1 unspecified atom stereocenters. The Hall–Kier alpha value is -1.49. The van der Waals surface area contributed by atoms with Crippen LogP contribution >= 0.6 is 0 Å². The van der Waals surface area contributed by atoms with Crippen molar-refractivity contribution in [2.75, 3.05) is 26.2 Å². The smallest absolute Gasteiger partial charge is 0.191 e. The molecule has 21 heavy (non-hydrogen) atoms. The van der Waals surface area contributed by atoms with Crippen LogP contribution in [0.2, 0.25) is 0 Å². The fourth-order valence-corrected chi connectivity index (χ4v) is 2.82. The number of nitrogens with one attached hydrogen (secondary N) is 2. The van der Waals surface area contributed by atoms with E-state index in [9.17, 15) is 0 Å². The summed E-state index contributed by atoms with van der Waals surface area (Å²) in [6.45, 7) is 9.08. The molecule has 5 heteroatoms. The van der Waals surface area contributed by atoms with Gasteiger partial charge in [-0.15, -0.1) is 0 Å². The molecule has 1 aliphatic rings. The fourth-order valence-electron chi connectivity index (χ4n) is 2.82. The number of likely N-dealkylation sites (tertiary alicyclic amines) is 1. The van der Waals surface area contributed by atoms with Gasteiger partial charge in [0.25, 0.3) is 0 Å². The Morgan fingerprint density at radius 2 is 2.29 bits per heavy atom. The number of rotatable bonds is 6. The van der Waals surface area contributed by atoms with Gasteiger partial charge in [0, 0.05) is 19.1 Å². The lowest BCUT2D eigenvalue weighted by atomic mass is 10.0. The molecular formula is C16H28N4O. The zero-order valence-corrected chi connectivity index (χ0v) is 13.3. The Balaban J connectivity index is 1.85. The molecule has 0 amide bonds. The van der Waals surface area contributed by atoms with Crippen LogP contribution in [0.1, 0.15) is 38.9 Å². The molecule has 1 aromatic rings. The maximum absolute atomic E-state index is 5.32. The summed E-state index contributed by atoms with van der Waals surface area (Å²) >= 11 is 0. The molecule has 1 saturated heterocycles. The number of aliphatic imine (C=N–C) groups is 1. The first-order valence-electron chi connectivity index (χ1n) is 8.12. The predicted octanol–water partition coefficient (Wildman–Crippen LogP) is 2.21. The Bertz CT molecular complexity index is 416. The van der Waals surface area contributed by atoms with Crippen LogP contribution in [0.3, 0.4) is 0 Å². The van der Waals surface area contributed by atoms with E-state index < -0.39 is 0 Å². The molecule has 1 atom stereocenters. The van der Waals surface area contributed by atoms with Crippen molar-refractivity contribution >= 4 is 5.96 Å². The highest BCUT2D eigenvalue weighted by Crippen LogP contribution is 2.15. The van der Waals surface area contributed by atoms with Crippen molar-refractivity contribution in [2.45, 2.75) is 45.7 Å². The van der Waals surface area contributed by atoms with Gasteiger partial charge in [-0.2, -0.15) is 0 Å². The molecular weight excluding hydrogens is 264 g/mol. The molecule has 2 heterocycles. The highest BCUT2D eigenvalue weighted by molar-refractivity contribution is 5.79. The Labute approximate surface area is 127 Å². The second-order valence-electron chi connectivity index (χ2n) is 5.43. The average molecular weight is 292 g/mol. The zero-order valence-electron chi connectivity index (χ0n) is 13.3. The van der Waals surface area contributed by atoms with Crippen molar-refractivity contribution < 1.29 is 4.42 Å². The van der Waals surface area contributed by atoms with E-state index in [1.54, 1.807) is 6.26 Å². The van der Waals surface area contributed by atoms with Crippen molar-refractivity contribution in [2.24, 2.45) is 4.99 Å². The molecule has 0 saturated carbocycles. The van der Waals surface area contributed by atoms with Crippen LogP contribution in [0.25, 0.3) is 0 Å². The molecule has 0 aliphatic carbocycles. The average Bonchev–Trinajstić information content (AvgIpc) is 3.03. The molecule has 1 fully saturated rings. The highest BCUT2D eigenvalue weighted by Gasteiger charge is 2.20. The summed E-state index contributed by atoms with van der Waals surface area (Å²) in [6, 6.07) is 4.47. The van der Waals surface area contributed by atoms with Gasteiger partial charge in [0.05, 0.1) is 6.26 Å². The summed E-state index contributed by atoms with van der Waals surface area (Å²) in [5, 5.41) is 6.77. The SMILES string of the molecule is CCNC(=NCc1ccco1)NCC1CCCCN1CC. The monoisotopic (exact) mass is 292 g/mol. The number of likely N-dealkylation sites (N-methyl/N-ethyl adjacent to an activating group) is 1. The third-order valence-corrected chi connectivity index (χ3v) is 3.98. The summed E-state index contributed by atoms with van der Waals surface area (Å²) in [6.07, 6.45) is 5.63. The van der Waals surface area contributed by atoms with Crippen LogP contribution < -0.4 is 10.6 Å². The van der Waals surface area contributed by atoms with Gasteiger partial charge in [-0.3, -0.25) is 4.90 Å². The van der Waals surface area contributed by atoms with Crippen molar-refractivity contribution in [1.82, 2.24) is 15.5 Å². The van der Waals surface area contributed by atoms with E-state index in [1.165, 1.54) is 25.8 Å². The summed E-state index contributed by atoms with van der Waals surface area (Å²) in [5.74, 6) is 1.76. The van der Waals surface area contributed by atoms with E-state index >= 15 is 0 Å². The largest absolute Gasteiger partial charge is 0.467 e. The van der Waals surface area contributed by atoms with E-state index in [1.807, 2.05) is 12.1 Å². The van der Waals surface area contributed by atoms with Gasteiger partial charge in [-0.1, -0.05) is 13.3 Å². The molecule has 0 aromatic carbocycles. The quantitative estimate of drug-likeness (QED) is 0.623.